The van der Waals surface area contributed by atoms with Crippen LogP contribution in [0.25, 0.3) is 0 Å². The molecule has 0 spiro atoms. The molecule has 1 aliphatic heterocycles. The summed E-state index contributed by atoms with van der Waals surface area (Å²) in [5.41, 5.74) is 0.490. The van der Waals surface area contributed by atoms with Crippen LogP contribution >= 0.6 is 0 Å². The molecule has 1 aliphatic rings. The lowest BCUT2D eigenvalue weighted by Gasteiger charge is -2.28. The third kappa shape index (κ3) is 3.94. The van der Waals surface area contributed by atoms with Gasteiger partial charge in [-0.3, -0.25) is 4.79 Å². The van der Waals surface area contributed by atoms with E-state index < -0.39 is 0 Å². The van der Waals surface area contributed by atoms with Crippen molar-refractivity contribution in [1.29, 1.82) is 0 Å². The molecule has 0 bridgehead atoms. The molecule has 0 saturated carbocycles. The molecular formula is C14H23N3O2+2. The highest BCUT2D eigenvalue weighted by molar-refractivity contribution is 5.92. The van der Waals surface area contributed by atoms with Crippen LogP contribution in [-0.2, 0) is 4.79 Å². The van der Waals surface area contributed by atoms with Crippen molar-refractivity contribution >= 4 is 11.6 Å². The second-order valence-corrected chi connectivity index (χ2v) is 5.10. The Bertz CT molecular complexity index is 428. The third-order valence-corrected chi connectivity index (χ3v) is 3.75. The van der Waals surface area contributed by atoms with Crippen LogP contribution in [0.5, 0.6) is 5.75 Å². The van der Waals surface area contributed by atoms with E-state index in [1.165, 1.54) is 4.90 Å². The molecule has 0 unspecified atom stereocenters. The first-order chi connectivity index (χ1) is 9.19. The first kappa shape index (κ1) is 13.8. The van der Waals surface area contributed by atoms with Gasteiger partial charge < -0.3 is 20.2 Å². The Morgan fingerprint density at radius 3 is 2.47 bits per heavy atom. The van der Waals surface area contributed by atoms with Gasteiger partial charge in [0.25, 0.3) is 5.91 Å². The molecule has 5 heteroatoms. The number of rotatable bonds is 4. The summed E-state index contributed by atoms with van der Waals surface area (Å²) in [5.74, 6) is 0.0857. The molecule has 0 aromatic heterocycles. The third-order valence-electron chi connectivity index (χ3n) is 3.75. The summed E-state index contributed by atoms with van der Waals surface area (Å²) in [4.78, 5) is 14.9. The summed E-state index contributed by atoms with van der Waals surface area (Å²) < 4.78 is 0. The Balaban J connectivity index is 1.81. The fraction of sp³-hybridized carbons (Fsp3) is 0.500. The SMILES string of the molecule is CC[NH+]1CC[NH+](CC(=O)Nc2ccccc2O)CC1. The summed E-state index contributed by atoms with van der Waals surface area (Å²) in [6.45, 7) is 8.19. The van der Waals surface area contributed by atoms with Gasteiger partial charge in [-0.2, -0.15) is 0 Å². The van der Waals surface area contributed by atoms with E-state index in [-0.39, 0.29) is 11.7 Å². The van der Waals surface area contributed by atoms with Crippen LogP contribution in [0, 0.1) is 0 Å². The fourth-order valence-corrected chi connectivity index (χ4v) is 2.49. The van der Waals surface area contributed by atoms with E-state index in [0.717, 1.165) is 32.7 Å². The zero-order chi connectivity index (χ0) is 13.7. The van der Waals surface area contributed by atoms with Crippen LogP contribution in [0.1, 0.15) is 6.92 Å². The maximum atomic E-state index is 11.9. The van der Waals surface area contributed by atoms with Gasteiger partial charge >= 0.3 is 0 Å². The average molecular weight is 265 g/mol. The minimum absolute atomic E-state index is 0.0311. The largest absolute Gasteiger partial charge is 0.506 e. The zero-order valence-electron chi connectivity index (χ0n) is 11.4. The second kappa shape index (κ2) is 6.54. The molecule has 0 aliphatic carbocycles. The van der Waals surface area contributed by atoms with Crippen LogP contribution in [0.2, 0.25) is 0 Å². The van der Waals surface area contributed by atoms with Gasteiger partial charge in [-0.25, -0.2) is 0 Å². The van der Waals surface area contributed by atoms with E-state index in [1.54, 1.807) is 29.2 Å². The lowest BCUT2D eigenvalue weighted by Crippen LogP contribution is -3.28. The number of anilines is 1. The Morgan fingerprint density at radius 2 is 1.84 bits per heavy atom. The number of para-hydroxylation sites is 2. The highest BCUT2D eigenvalue weighted by atomic mass is 16.3. The molecule has 104 valence electrons. The Labute approximate surface area is 113 Å². The van der Waals surface area contributed by atoms with Crippen LogP contribution < -0.4 is 15.1 Å². The number of piperazine rings is 1. The summed E-state index contributed by atoms with van der Waals surface area (Å²) in [6.07, 6.45) is 0. The van der Waals surface area contributed by atoms with Gasteiger partial charge in [0.05, 0.1) is 12.2 Å². The van der Waals surface area contributed by atoms with E-state index in [1.807, 2.05) is 0 Å². The van der Waals surface area contributed by atoms with Crippen LogP contribution in [0.3, 0.4) is 0 Å². The number of aromatic hydroxyl groups is 1. The summed E-state index contributed by atoms with van der Waals surface area (Å²) in [7, 11) is 0. The van der Waals surface area contributed by atoms with Gasteiger partial charge in [0.15, 0.2) is 6.54 Å². The highest BCUT2D eigenvalue weighted by Gasteiger charge is 2.23. The standard InChI is InChI=1S/C14H21N3O2/c1-2-16-7-9-17(10-8-16)11-14(19)15-12-5-3-4-6-13(12)18/h3-6,18H,2,7-11H2,1H3,(H,15,19)/p+2. The van der Waals surface area contributed by atoms with Crippen molar-refractivity contribution in [2.45, 2.75) is 6.92 Å². The molecule has 1 aromatic rings. The average Bonchev–Trinajstić information content (AvgIpc) is 2.42. The predicted octanol–water partition coefficient (Wildman–Crippen LogP) is -1.87. The van der Waals surface area contributed by atoms with Crippen LogP contribution in [0.4, 0.5) is 5.69 Å². The number of phenolic OH excluding ortho intramolecular Hbond substituents is 1. The quantitative estimate of drug-likeness (QED) is 0.482. The minimum atomic E-state index is -0.0311. The number of hydrogen-bond acceptors (Lipinski definition) is 2. The number of phenols is 1. The van der Waals surface area contributed by atoms with E-state index in [0.29, 0.717) is 12.2 Å². The molecule has 19 heavy (non-hydrogen) atoms. The molecule has 1 amide bonds. The van der Waals surface area contributed by atoms with Crippen molar-refractivity contribution in [3.8, 4) is 5.75 Å². The molecule has 5 nitrogen and oxygen atoms in total. The predicted molar refractivity (Wildman–Crippen MR) is 73.5 cm³/mol. The summed E-state index contributed by atoms with van der Waals surface area (Å²) >= 11 is 0. The molecule has 1 saturated heterocycles. The van der Waals surface area contributed by atoms with Crippen molar-refractivity contribution in [2.24, 2.45) is 0 Å². The summed E-state index contributed by atoms with van der Waals surface area (Å²) in [6, 6.07) is 6.82. The molecule has 1 aromatic carbocycles. The normalized spacial score (nSPS) is 23.0. The monoisotopic (exact) mass is 265 g/mol. The van der Waals surface area contributed by atoms with E-state index in [9.17, 15) is 9.90 Å². The Hall–Kier alpha value is -1.59. The molecule has 4 N–H and O–H groups in total. The smallest absolute Gasteiger partial charge is 0.279 e. The number of hydrogen-bond donors (Lipinski definition) is 4. The highest BCUT2D eigenvalue weighted by Crippen LogP contribution is 2.20. The molecule has 1 heterocycles. The molecule has 2 rings (SSSR count). The lowest BCUT2D eigenvalue weighted by molar-refractivity contribution is -1.01. The van der Waals surface area contributed by atoms with Crippen LogP contribution in [0.15, 0.2) is 24.3 Å². The van der Waals surface area contributed by atoms with E-state index in [4.69, 9.17) is 0 Å². The molecule has 0 radical (unpaired) electrons. The van der Waals surface area contributed by atoms with E-state index >= 15 is 0 Å². The first-order valence-electron chi connectivity index (χ1n) is 6.94. The number of nitrogens with one attached hydrogen (secondary N) is 3. The zero-order valence-corrected chi connectivity index (χ0v) is 11.4. The van der Waals surface area contributed by atoms with Crippen molar-refractivity contribution in [3.05, 3.63) is 24.3 Å². The lowest BCUT2D eigenvalue weighted by atomic mass is 10.3. The fourth-order valence-electron chi connectivity index (χ4n) is 2.49. The Morgan fingerprint density at radius 1 is 1.21 bits per heavy atom. The number of quaternary nitrogens is 2. The molecular weight excluding hydrogens is 242 g/mol. The first-order valence-corrected chi connectivity index (χ1v) is 6.94. The summed E-state index contributed by atoms with van der Waals surface area (Å²) in [5, 5.41) is 12.4. The van der Waals surface area contributed by atoms with Gasteiger partial charge in [-0.05, 0) is 19.1 Å². The number of carbonyl (C=O) groups excluding carboxylic acids is 1. The van der Waals surface area contributed by atoms with Gasteiger partial charge in [0.1, 0.15) is 31.9 Å². The number of benzene rings is 1. The van der Waals surface area contributed by atoms with Crippen molar-refractivity contribution in [2.75, 3.05) is 44.6 Å². The van der Waals surface area contributed by atoms with Gasteiger partial charge in [-0.15, -0.1) is 0 Å². The Kier molecular flexibility index (Phi) is 4.76. The molecule has 1 fully saturated rings. The maximum Gasteiger partial charge on any atom is 0.279 e. The maximum absolute atomic E-state index is 11.9. The van der Waals surface area contributed by atoms with Crippen LogP contribution in [-0.4, -0.2) is 50.3 Å². The number of carbonyl (C=O) groups is 1. The van der Waals surface area contributed by atoms with Gasteiger partial charge in [0.2, 0.25) is 0 Å². The van der Waals surface area contributed by atoms with Crippen molar-refractivity contribution in [3.63, 3.8) is 0 Å². The minimum Gasteiger partial charge on any atom is -0.506 e. The van der Waals surface area contributed by atoms with Gasteiger partial charge in [-0.1, -0.05) is 12.1 Å². The van der Waals surface area contributed by atoms with Gasteiger partial charge in [0, 0.05) is 0 Å². The molecule has 0 atom stereocenters. The number of likely N-dealkylation sites (N-methyl/N-ethyl adjacent to an activating group) is 1. The number of amides is 1. The topological polar surface area (TPSA) is 58.2 Å². The van der Waals surface area contributed by atoms with E-state index in [2.05, 4.69) is 12.2 Å². The van der Waals surface area contributed by atoms with Crippen molar-refractivity contribution in [1.82, 2.24) is 0 Å². The van der Waals surface area contributed by atoms with Crippen molar-refractivity contribution < 1.29 is 19.7 Å². The second-order valence-electron chi connectivity index (χ2n) is 5.10.